The van der Waals surface area contributed by atoms with E-state index in [1.165, 1.54) is 5.56 Å². The SMILES string of the molecule is O=C(c1cn(Cc2ccccc2)c2ccccc12)N(CCO)C1CC1. The lowest BCUT2D eigenvalue weighted by molar-refractivity contribution is 0.0709. The van der Waals surface area contributed by atoms with E-state index in [1.807, 2.05) is 47.5 Å². The first kappa shape index (κ1) is 15.9. The van der Waals surface area contributed by atoms with Gasteiger partial charge in [0.25, 0.3) is 5.91 Å². The summed E-state index contributed by atoms with van der Waals surface area (Å²) >= 11 is 0. The highest BCUT2D eigenvalue weighted by molar-refractivity contribution is 6.07. The summed E-state index contributed by atoms with van der Waals surface area (Å²) in [7, 11) is 0. The number of carbonyl (C=O) groups excluding carboxylic acids is 1. The predicted molar refractivity (Wildman–Crippen MR) is 98.6 cm³/mol. The van der Waals surface area contributed by atoms with Crippen LogP contribution in [0.4, 0.5) is 0 Å². The zero-order chi connectivity index (χ0) is 17.2. The summed E-state index contributed by atoms with van der Waals surface area (Å²) in [6.07, 6.45) is 4.04. The van der Waals surface area contributed by atoms with Crippen LogP contribution in [0.25, 0.3) is 10.9 Å². The molecule has 0 spiro atoms. The third kappa shape index (κ3) is 3.17. The zero-order valence-corrected chi connectivity index (χ0v) is 14.1. The van der Waals surface area contributed by atoms with E-state index in [0.29, 0.717) is 6.54 Å². The molecule has 4 rings (SSSR count). The van der Waals surface area contributed by atoms with Crippen molar-refractivity contribution in [3.63, 3.8) is 0 Å². The number of carbonyl (C=O) groups is 1. The van der Waals surface area contributed by atoms with E-state index < -0.39 is 0 Å². The van der Waals surface area contributed by atoms with E-state index in [-0.39, 0.29) is 18.6 Å². The van der Waals surface area contributed by atoms with Gasteiger partial charge in [-0.1, -0.05) is 48.5 Å². The molecule has 0 aliphatic heterocycles. The van der Waals surface area contributed by atoms with E-state index >= 15 is 0 Å². The van der Waals surface area contributed by atoms with E-state index in [1.54, 1.807) is 0 Å². The van der Waals surface area contributed by atoms with Gasteiger partial charge in [0, 0.05) is 36.2 Å². The van der Waals surface area contributed by atoms with Crippen LogP contribution in [0.2, 0.25) is 0 Å². The minimum Gasteiger partial charge on any atom is -0.395 e. The Morgan fingerprint density at radius 1 is 1.08 bits per heavy atom. The number of rotatable bonds is 6. The second-order valence-electron chi connectivity index (χ2n) is 6.63. The highest BCUT2D eigenvalue weighted by atomic mass is 16.3. The lowest BCUT2D eigenvalue weighted by Gasteiger charge is -2.20. The van der Waals surface area contributed by atoms with Crippen LogP contribution in [0.15, 0.2) is 60.8 Å². The molecule has 0 atom stereocenters. The third-order valence-electron chi connectivity index (χ3n) is 4.80. The quantitative estimate of drug-likeness (QED) is 0.752. The summed E-state index contributed by atoms with van der Waals surface area (Å²) in [6, 6.07) is 18.6. The normalized spacial score (nSPS) is 14.0. The smallest absolute Gasteiger partial charge is 0.256 e. The van der Waals surface area contributed by atoms with Gasteiger partial charge in [0.2, 0.25) is 0 Å². The number of para-hydroxylation sites is 1. The summed E-state index contributed by atoms with van der Waals surface area (Å²) in [6.45, 7) is 1.14. The van der Waals surface area contributed by atoms with Crippen LogP contribution in [-0.4, -0.2) is 39.7 Å². The van der Waals surface area contributed by atoms with Crippen molar-refractivity contribution in [3.8, 4) is 0 Å². The molecule has 128 valence electrons. The van der Waals surface area contributed by atoms with Gasteiger partial charge in [-0.05, 0) is 24.5 Å². The number of fused-ring (bicyclic) bond motifs is 1. The average molecular weight is 334 g/mol. The molecule has 1 N–H and O–H groups in total. The fraction of sp³-hybridized carbons (Fsp3) is 0.286. The van der Waals surface area contributed by atoms with Gasteiger partial charge >= 0.3 is 0 Å². The van der Waals surface area contributed by atoms with E-state index in [4.69, 9.17) is 0 Å². The van der Waals surface area contributed by atoms with Crippen LogP contribution >= 0.6 is 0 Å². The van der Waals surface area contributed by atoms with E-state index in [9.17, 15) is 9.90 Å². The molecule has 3 aromatic rings. The topological polar surface area (TPSA) is 45.5 Å². The second-order valence-corrected chi connectivity index (χ2v) is 6.63. The lowest BCUT2D eigenvalue weighted by atomic mass is 10.1. The summed E-state index contributed by atoms with van der Waals surface area (Å²) in [5.74, 6) is 0.0274. The maximum atomic E-state index is 13.1. The van der Waals surface area contributed by atoms with Gasteiger partial charge in [-0.15, -0.1) is 0 Å². The Morgan fingerprint density at radius 3 is 2.52 bits per heavy atom. The van der Waals surface area contributed by atoms with Crippen molar-refractivity contribution in [2.45, 2.75) is 25.4 Å². The minimum atomic E-state index is 0.00486. The van der Waals surface area contributed by atoms with Crippen molar-refractivity contribution in [2.24, 2.45) is 0 Å². The van der Waals surface area contributed by atoms with Crippen molar-refractivity contribution < 1.29 is 9.90 Å². The van der Waals surface area contributed by atoms with Crippen LogP contribution in [-0.2, 0) is 6.54 Å². The molecular formula is C21H22N2O2. The molecule has 0 saturated heterocycles. The number of aliphatic hydroxyl groups excluding tert-OH is 1. The fourth-order valence-corrected chi connectivity index (χ4v) is 3.43. The molecule has 4 heteroatoms. The maximum Gasteiger partial charge on any atom is 0.256 e. The molecule has 1 aliphatic carbocycles. The van der Waals surface area contributed by atoms with Gasteiger partial charge in [0.15, 0.2) is 0 Å². The fourth-order valence-electron chi connectivity index (χ4n) is 3.43. The van der Waals surface area contributed by atoms with Crippen molar-refractivity contribution in [1.29, 1.82) is 0 Å². The Balaban J connectivity index is 1.73. The Hall–Kier alpha value is -2.59. The molecule has 0 bridgehead atoms. The first-order valence-electron chi connectivity index (χ1n) is 8.81. The molecular weight excluding hydrogens is 312 g/mol. The summed E-state index contributed by atoms with van der Waals surface area (Å²) < 4.78 is 2.14. The number of hydrogen-bond acceptors (Lipinski definition) is 2. The molecule has 1 saturated carbocycles. The highest BCUT2D eigenvalue weighted by Crippen LogP contribution is 2.30. The first-order chi connectivity index (χ1) is 12.3. The van der Waals surface area contributed by atoms with E-state index in [2.05, 4.69) is 22.8 Å². The molecule has 1 fully saturated rings. The van der Waals surface area contributed by atoms with Crippen LogP contribution in [0, 0.1) is 0 Å². The Kier molecular flexibility index (Phi) is 4.28. The van der Waals surface area contributed by atoms with Crippen LogP contribution in [0.3, 0.4) is 0 Å². The summed E-state index contributed by atoms with van der Waals surface area (Å²) in [4.78, 5) is 14.9. The van der Waals surface area contributed by atoms with Crippen LogP contribution < -0.4 is 0 Å². The number of amides is 1. The van der Waals surface area contributed by atoms with Gasteiger partial charge in [0.05, 0.1) is 12.2 Å². The Bertz CT molecular complexity index is 881. The average Bonchev–Trinajstić information content (AvgIpc) is 3.43. The largest absolute Gasteiger partial charge is 0.395 e. The molecule has 2 aromatic carbocycles. The molecule has 1 aliphatic rings. The van der Waals surface area contributed by atoms with Gasteiger partial charge in [0.1, 0.15) is 0 Å². The Morgan fingerprint density at radius 2 is 1.80 bits per heavy atom. The zero-order valence-electron chi connectivity index (χ0n) is 14.1. The van der Waals surface area contributed by atoms with Gasteiger partial charge in [-0.25, -0.2) is 0 Å². The molecule has 0 radical (unpaired) electrons. The van der Waals surface area contributed by atoms with Gasteiger partial charge in [-0.3, -0.25) is 4.79 Å². The van der Waals surface area contributed by atoms with Gasteiger partial charge < -0.3 is 14.6 Å². The highest BCUT2D eigenvalue weighted by Gasteiger charge is 2.33. The van der Waals surface area contributed by atoms with Crippen molar-refractivity contribution >= 4 is 16.8 Å². The molecule has 0 unspecified atom stereocenters. The molecule has 1 aromatic heterocycles. The number of hydrogen-bond donors (Lipinski definition) is 1. The second kappa shape index (κ2) is 6.73. The Labute approximate surface area is 147 Å². The van der Waals surface area contributed by atoms with Gasteiger partial charge in [-0.2, -0.15) is 0 Å². The minimum absolute atomic E-state index is 0.00486. The van der Waals surface area contributed by atoms with E-state index in [0.717, 1.165) is 35.9 Å². The monoisotopic (exact) mass is 334 g/mol. The molecule has 25 heavy (non-hydrogen) atoms. The molecule has 1 heterocycles. The number of benzene rings is 2. The van der Waals surface area contributed by atoms with Crippen LogP contribution in [0.5, 0.6) is 0 Å². The molecule has 1 amide bonds. The number of nitrogens with zero attached hydrogens (tertiary/aromatic N) is 2. The first-order valence-corrected chi connectivity index (χ1v) is 8.81. The number of aliphatic hydroxyl groups is 1. The predicted octanol–water partition coefficient (Wildman–Crippen LogP) is 3.29. The van der Waals surface area contributed by atoms with Crippen molar-refractivity contribution in [1.82, 2.24) is 9.47 Å². The third-order valence-corrected chi connectivity index (χ3v) is 4.80. The van der Waals surface area contributed by atoms with Crippen molar-refractivity contribution in [2.75, 3.05) is 13.2 Å². The number of aromatic nitrogens is 1. The lowest BCUT2D eigenvalue weighted by Crippen LogP contribution is -2.35. The standard InChI is InChI=1S/C21H22N2O2/c24-13-12-23(17-10-11-17)21(25)19-15-22(14-16-6-2-1-3-7-16)20-9-5-4-8-18(19)20/h1-9,15,17,24H,10-14H2. The molecule has 4 nitrogen and oxygen atoms in total. The summed E-state index contributed by atoms with van der Waals surface area (Å²) in [5.41, 5.74) is 3.00. The summed E-state index contributed by atoms with van der Waals surface area (Å²) in [5, 5.41) is 10.3. The maximum absolute atomic E-state index is 13.1. The van der Waals surface area contributed by atoms with Crippen molar-refractivity contribution in [3.05, 3.63) is 71.9 Å². The van der Waals surface area contributed by atoms with Crippen LogP contribution in [0.1, 0.15) is 28.8 Å².